The van der Waals surface area contributed by atoms with E-state index in [1.807, 2.05) is 65.0 Å². The van der Waals surface area contributed by atoms with Crippen LogP contribution in [-0.2, 0) is 15.9 Å². The average molecular weight is 438 g/mol. The third kappa shape index (κ3) is 3.96. The van der Waals surface area contributed by atoms with Gasteiger partial charge in [0.25, 0.3) is 0 Å². The van der Waals surface area contributed by atoms with E-state index in [0.29, 0.717) is 11.6 Å². The van der Waals surface area contributed by atoms with E-state index in [2.05, 4.69) is 22.0 Å². The van der Waals surface area contributed by atoms with Gasteiger partial charge in [-0.15, -0.1) is 0 Å². The summed E-state index contributed by atoms with van der Waals surface area (Å²) in [6.07, 6.45) is 0. The van der Waals surface area contributed by atoms with Crippen molar-refractivity contribution in [2.75, 3.05) is 0 Å². The van der Waals surface area contributed by atoms with Gasteiger partial charge in [0.1, 0.15) is 12.4 Å². The first-order chi connectivity index (χ1) is 12.1. The monoisotopic (exact) mass is 436 g/mol. The number of hydrogen-bond acceptors (Lipinski definition) is 3. The Bertz CT molecular complexity index is 789. The maximum Gasteiger partial charge on any atom is 0.498 e. The van der Waals surface area contributed by atoms with Crippen LogP contribution in [-0.4, -0.2) is 18.3 Å². The molecule has 0 N–H and O–H groups in total. The lowest BCUT2D eigenvalue weighted by Crippen LogP contribution is -2.41. The van der Waals surface area contributed by atoms with E-state index in [-0.39, 0.29) is 0 Å². The molecule has 1 aliphatic heterocycles. The molecule has 0 radical (unpaired) electrons. The highest BCUT2D eigenvalue weighted by molar-refractivity contribution is 9.10. The van der Waals surface area contributed by atoms with Gasteiger partial charge in [0, 0.05) is 10.5 Å². The van der Waals surface area contributed by atoms with Crippen molar-refractivity contribution in [3.8, 4) is 5.75 Å². The standard InChI is InChI=1S/C20H23BBrClO3/c1-13-10-16(21-25-19(2,3)20(4,5)26-21)18(17(22)11-13)24-12-14-6-8-15(23)9-7-14/h6-11H,12H2,1-5H3. The van der Waals surface area contributed by atoms with Gasteiger partial charge in [0.15, 0.2) is 0 Å². The van der Waals surface area contributed by atoms with Gasteiger partial charge < -0.3 is 14.0 Å². The third-order valence-corrected chi connectivity index (χ3v) is 5.86. The second kappa shape index (κ2) is 7.19. The minimum absolute atomic E-state index is 0.401. The first-order valence-corrected chi connectivity index (χ1v) is 9.79. The van der Waals surface area contributed by atoms with Crippen molar-refractivity contribution in [3.63, 3.8) is 0 Å². The molecule has 0 aromatic heterocycles. The van der Waals surface area contributed by atoms with Gasteiger partial charge in [-0.2, -0.15) is 0 Å². The first kappa shape index (κ1) is 19.7. The molecule has 138 valence electrons. The predicted octanol–water partition coefficient (Wildman–Crippen LogP) is 5.29. The van der Waals surface area contributed by atoms with Gasteiger partial charge in [-0.3, -0.25) is 0 Å². The lowest BCUT2D eigenvalue weighted by molar-refractivity contribution is 0.00578. The molecular formula is C20H23BBrClO3. The van der Waals surface area contributed by atoms with Crippen molar-refractivity contribution in [2.45, 2.75) is 52.4 Å². The Balaban J connectivity index is 1.89. The Kier molecular flexibility index (Phi) is 5.46. The molecule has 1 fully saturated rings. The van der Waals surface area contributed by atoms with Crippen molar-refractivity contribution < 1.29 is 14.0 Å². The van der Waals surface area contributed by atoms with E-state index in [1.165, 1.54) is 0 Å². The molecule has 2 aromatic carbocycles. The molecule has 1 heterocycles. The topological polar surface area (TPSA) is 27.7 Å². The van der Waals surface area contributed by atoms with Crippen LogP contribution in [0, 0.1) is 6.92 Å². The van der Waals surface area contributed by atoms with Crippen LogP contribution in [0.15, 0.2) is 40.9 Å². The fourth-order valence-electron chi connectivity index (χ4n) is 2.79. The summed E-state index contributed by atoms with van der Waals surface area (Å²) in [5.74, 6) is 0.740. The van der Waals surface area contributed by atoms with E-state index in [1.54, 1.807) is 0 Å². The maximum absolute atomic E-state index is 6.23. The number of ether oxygens (including phenoxy) is 1. The molecule has 1 saturated heterocycles. The molecule has 0 spiro atoms. The van der Waals surface area contributed by atoms with E-state index >= 15 is 0 Å². The number of hydrogen-bond donors (Lipinski definition) is 0. The molecule has 0 amide bonds. The summed E-state index contributed by atoms with van der Waals surface area (Å²) in [6, 6.07) is 11.7. The zero-order valence-electron chi connectivity index (χ0n) is 15.7. The van der Waals surface area contributed by atoms with Gasteiger partial charge in [0.2, 0.25) is 0 Å². The highest BCUT2D eigenvalue weighted by Gasteiger charge is 2.52. The Morgan fingerprint density at radius 3 is 2.19 bits per heavy atom. The average Bonchev–Trinajstić information content (AvgIpc) is 2.75. The highest BCUT2D eigenvalue weighted by Crippen LogP contribution is 2.38. The van der Waals surface area contributed by atoms with Crippen molar-refractivity contribution >= 4 is 40.1 Å². The second-order valence-electron chi connectivity index (χ2n) is 7.67. The Morgan fingerprint density at radius 2 is 1.62 bits per heavy atom. The number of benzene rings is 2. The van der Waals surface area contributed by atoms with Crippen LogP contribution in [0.5, 0.6) is 5.75 Å². The van der Waals surface area contributed by atoms with Gasteiger partial charge in [-0.1, -0.05) is 35.4 Å². The molecule has 0 saturated carbocycles. The van der Waals surface area contributed by atoms with Gasteiger partial charge in [-0.05, 0) is 74.3 Å². The van der Waals surface area contributed by atoms with E-state index in [0.717, 1.165) is 26.8 Å². The smallest absolute Gasteiger partial charge is 0.488 e. The van der Waals surface area contributed by atoms with Gasteiger partial charge >= 0.3 is 7.12 Å². The maximum atomic E-state index is 6.23. The quantitative estimate of drug-likeness (QED) is 0.609. The summed E-state index contributed by atoms with van der Waals surface area (Å²) in [4.78, 5) is 0. The Labute approximate surface area is 169 Å². The number of rotatable bonds is 4. The summed E-state index contributed by atoms with van der Waals surface area (Å²) < 4.78 is 19.5. The first-order valence-electron chi connectivity index (χ1n) is 8.62. The molecule has 0 atom stereocenters. The molecule has 1 aliphatic rings. The molecule has 2 aromatic rings. The SMILES string of the molecule is Cc1cc(Br)c(OCc2ccc(Cl)cc2)c(B2OC(C)(C)C(C)(C)O2)c1. The summed E-state index contributed by atoms with van der Waals surface area (Å²) >= 11 is 9.58. The molecule has 0 unspecified atom stereocenters. The number of aryl methyl sites for hydroxylation is 1. The third-order valence-electron chi connectivity index (χ3n) is 5.02. The molecule has 6 heteroatoms. The summed E-state index contributed by atoms with van der Waals surface area (Å²) in [7, 11) is -0.476. The Morgan fingerprint density at radius 1 is 1.04 bits per heavy atom. The van der Waals surface area contributed by atoms with E-state index in [4.69, 9.17) is 25.6 Å². The zero-order chi connectivity index (χ0) is 19.1. The fourth-order valence-corrected chi connectivity index (χ4v) is 3.62. The molecule has 26 heavy (non-hydrogen) atoms. The van der Waals surface area contributed by atoms with E-state index in [9.17, 15) is 0 Å². The normalized spacial score (nSPS) is 18.2. The molecule has 3 nitrogen and oxygen atoms in total. The fraction of sp³-hybridized carbons (Fsp3) is 0.400. The molecule has 3 rings (SSSR count). The molecule has 0 aliphatic carbocycles. The number of halogens is 2. The summed E-state index contributed by atoms with van der Waals surface area (Å²) in [5.41, 5.74) is 2.24. The van der Waals surface area contributed by atoms with Crippen LogP contribution in [0.1, 0.15) is 38.8 Å². The van der Waals surface area contributed by atoms with Crippen LogP contribution in [0.3, 0.4) is 0 Å². The van der Waals surface area contributed by atoms with Crippen LogP contribution >= 0.6 is 27.5 Å². The second-order valence-corrected chi connectivity index (χ2v) is 8.96. The van der Waals surface area contributed by atoms with Crippen molar-refractivity contribution in [1.29, 1.82) is 0 Å². The van der Waals surface area contributed by atoms with Crippen molar-refractivity contribution in [2.24, 2.45) is 0 Å². The lowest BCUT2D eigenvalue weighted by atomic mass is 9.77. The van der Waals surface area contributed by atoms with Crippen LogP contribution < -0.4 is 10.2 Å². The zero-order valence-corrected chi connectivity index (χ0v) is 18.1. The van der Waals surface area contributed by atoms with Crippen molar-refractivity contribution in [1.82, 2.24) is 0 Å². The Hall–Kier alpha value is -1.01. The summed E-state index contributed by atoms with van der Waals surface area (Å²) in [6.45, 7) is 10.7. The lowest BCUT2D eigenvalue weighted by Gasteiger charge is -2.32. The highest BCUT2D eigenvalue weighted by atomic mass is 79.9. The van der Waals surface area contributed by atoms with Crippen LogP contribution in [0.25, 0.3) is 0 Å². The van der Waals surface area contributed by atoms with Crippen LogP contribution in [0.4, 0.5) is 0 Å². The van der Waals surface area contributed by atoms with E-state index < -0.39 is 18.3 Å². The van der Waals surface area contributed by atoms with Gasteiger partial charge in [0.05, 0.1) is 15.7 Å². The predicted molar refractivity (Wildman–Crippen MR) is 110 cm³/mol. The minimum Gasteiger partial charge on any atom is -0.488 e. The molecule has 0 bridgehead atoms. The van der Waals surface area contributed by atoms with Gasteiger partial charge in [-0.25, -0.2) is 0 Å². The van der Waals surface area contributed by atoms with Crippen molar-refractivity contribution in [3.05, 3.63) is 57.0 Å². The molecular weight excluding hydrogens is 414 g/mol. The van der Waals surface area contributed by atoms with Crippen LogP contribution in [0.2, 0.25) is 5.02 Å². The minimum atomic E-state index is -0.476. The largest absolute Gasteiger partial charge is 0.498 e. The summed E-state index contributed by atoms with van der Waals surface area (Å²) in [5, 5.41) is 0.711.